The molecule has 0 aliphatic carbocycles. The highest BCUT2D eigenvalue weighted by Gasteiger charge is 2.27. The molecular formula is C48H88N2O6P+. The number of nitrogens with zero attached hydrogens (tertiary/aromatic N) is 1. The highest BCUT2D eigenvalue weighted by atomic mass is 31.2. The van der Waals surface area contributed by atoms with Crippen LogP contribution in [0.3, 0.4) is 0 Å². The molecule has 3 atom stereocenters. The minimum atomic E-state index is -4.35. The molecule has 0 radical (unpaired) electrons. The van der Waals surface area contributed by atoms with Crippen LogP contribution in [0.1, 0.15) is 174 Å². The highest BCUT2D eigenvalue weighted by molar-refractivity contribution is 7.47. The fraction of sp³-hybridized carbons (Fsp3) is 0.729. The molecule has 0 spiro atoms. The number of carbonyl (C=O) groups is 1. The number of carbonyl (C=O) groups excluding carboxylic acids is 1. The summed E-state index contributed by atoms with van der Waals surface area (Å²) in [4.78, 5) is 23.1. The summed E-state index contributed by atoms with van der Waals surface area (Å²) in [6.45, 7) is 4.62. The summed E-state index contributed by atoms with van der Waals surface area (Å²) in [5, 5.41) is 13.7. The topological polar surface area (TPSA) is 105 Å². The van der Waals surface area contributed by atoms with Crippen LogP contribution < -0.4 is 5.32 Å². The molecule has 330 valence electrons. The fourth-order valence-electron chi connectivity index (χ4n) is 6.03. The average Bonchev–Trinajstić information content (AvgIpc) is 3.16. The quantitative estimate of drug-likeness (QED) is 0.0246. The Morgan fingerprint density at radius 2 is 1.07 bits per heavy atom. The molecule has 3 N–H and O–H groups in total. The Balaban J connectivity index is 4.26. The first kappa shape index (κ1) is 54.9. The van der Waals surface area contributed by atoms with Crippen molar-refractivity contribution in [1.82, 2.24) is 5.32 Å². The number of phosphoric acid groups is 1. The summed E-state index contributed by atoms with van der Waals surface area (Å²) in [6, 6.07) is -0.873. The molecule has 0 aliphatic rings. The first-order chi connectivity index (χ1) is 27.5. The van der Waals surface area contributed by atoms with Crippen LogP contribution in [0, 0.1) is 0 Å². The van der Waals surface area contributed by atoms with E-state index in [1.54, 1.807) is 6.08 Å². The zero-order valence-corrected chi connectivity index (χ0v) is 38.2. The summed E-state index contributed by atoms with van der Waals surface area (Å²) >= 11 is 0. The third kappa shape index (κ3) is 41.9. The Morgan fingerprint density at radius 1 is 0.614 bits per heavy atom. The van der Waals surface area contributed by atoms with Gasteiger partial charge in [-0.05, 0) is 77.0 Å². The van der Waals surface area contributed by atoms with Gasteiger partial charge < -0.3 is 19.8 Å². The van der Waals surface area contributed by atoms with Crippen molar-refractivity contribution in [3.8, 4) is 0 Å². The summed E-state index contributed by atoms with van der Waals surface area (Å²) in [5.41, 5.74) is 0. The van der Waals surface area contributed by atoms with E-state index in [2.05, 4.69) is 79.9 Å². The van der Waals surface area contributed by atoms with Crippen molar-refractivity contribution in [2.75, 3.05) is 40.9 Å². The van der Waals surface area contributed by atoms with E-state index < -0.39 is 20.0 Å². The SMILES string of the molecule is CC/C=C/CC/C=C/CC/C=C/C(O)C(COP(=O)(O)OCC[N+](C)(C)C)NC(=O)CCCCCCCCCCCC/C=C\C/C=C\C/C=C\CCCCCCC. The van der Waals surface area contributed by atoms with Crippen LogP contribution in [0.5, 0.6) is 0 Å². The van der Waals surface area contributed by atoms with Gasteiger partial charge in [0.2, 0.25) is 5.91 Å². The van der Waals surface area contributed by atoms with Crippen LogP contribution in [-0.4, -0.2) is 73.4 Å². The Kier molecular flexibility index (Phi) is 38.0. The average molecular weight is 820 g/mol. The fourth-order valence-corrected chi connectivity index (χ4v) is 6.76. The molecule has 0 aromatic carbocycles. The predicted octanol–water partition coefficient (Wildman–Crippen LogP) is 12.8. The van der Waals surface area contributed by atoms with E-state index in [1.165, 1.54) is 89.9 Å². The largest absolute Gasteiger partial charge is 0.472 e. The second-order valence-electron chi connectivity index (χ2n) is 16.4. The van der Waals surface area contributed by atoms with Crippen LogP contribution in [0.25, 0.3) is 0 Å². The minimum Gasteiger partial charge on any atom is -0.387 e. The Labute approximate surface area is 351 Å². The van der Waals surface area contributed by atoms with Gasteiger partial charge in [-0.3, -0.25) is 13.8 Å². The monoisotopic (exact) mass is 820 g/mol. The molecule has 0 saturated heterocycles. The molecule has 8 nitrogen and oxygen atoms in total. The third-order valence-corrected chi connectivity index (χ3v) is 10.6. The second kappa shape index (κ2) is 39.4. The van der Waals surface area contributed by atoms with Gasteiger partial charge in [-0.1, -0.05) is 164 Å². The van der Waals surface area contributed by atoms with Gasteiger partial charge in [0.25, 0.3) is 0 Å². The van der Waals surface area contributed by atoms with Crippen LogP contribution in [0.2, 0.25) is 0 Å². The van der Waals surface area contributed by atoms with Crippen molar-refractivity contribution in [2.45, 2.75) is 187 Å². The van der Waals surface area contributed by atoms with Crippen molar-refractivity contribution < 1.29 is 32.9 Å². The zero-order valence-electron chi connectivity index (χ0n) is 37.3. The lowest BCUT2D eigenvalue weighted by Crippen LogP contribution is -2.45. The number of aliphatic hydroxyl groups is 1. The predicted molar refractivity (Wildman–Crippen MR) is 244 cm³/mol. The van der Waals surface area contributed by atoms with Gasteiger partial charge in [-0.15, -0.1) is 0 Å². The number of nitrogens with one attached hydrogen (secondary N) is 1. The summed E-state index contributed by atoms with van der Waals surface area (Å²) in [6.07, 6.45) is 52.8. The number of allylic oxidation sites excluding steroid dienone is 11. The van der Waals surface area contributed by atoms with Crippen molar-refractivity contribution in [2.24, 2.45) is 0 Å². The number of unbranched alkanes of at least 4 members (excludes halogenated alkanes) is 17. The highest BCUT2D eigenvalue weighted by Crippen LogP contribution is 2.43. The maximum absolute atomic E-state index is 12.8. The number of hydrogen-bond acceptors (Lipinski definition) is 5. The number of hydrogen-bond donors (Lipinski definition) is 3. The standard InChI is InChI=1S/C48H87N2O6P/c1-6-8-10-12-14-16-18-19-20-21-22-23-24-25-26-27-28-29-30-31-32-34-36-38-40-42-48(52)49-46(45-56-57(53,54)55-44-43-50(3,4)5)47(51)41-39-37-35-33-17-15-13-11-9-7-2/h9,11,17-19,21-22,24-25,33,39,41,46-47,51H,6-8,10,12-16,20,23,26-32,34-38,40,42-45H2,1-5H3,(H-,49,52,53,54)/p+1/b11-9+,19-18-,22-21-,25-24-,33-17+,41-39+. The molecule has 0 saturated carbocycles. The molecular weight excluding hydrogens is 732 g/mol. The summed E-state index contributed by atoms with van der Waals surface area (Å²) < 4.78 is 23.5. The maximum Gasteiger partial charge on any atom is 0.472 e. The molecule has 3 unspecified atom stereocenters. The molecule has 57 heavy (non-hydrogen) atoms. The molecule has 1 amide bonds. The Bertz CT molecular complexity index is 1160. The molecule has 0 aromatic rings. The van der Waals surface area contributed by atoms with Gasteiger partial charge in [-0.2, -0.15) is 0 Å². The van der Waals surface area contributed by atoms with Crippen LogP contribution in [0.15, 0.2) is 72.9 Å². The third-order valence-electron chi connectivity index (χ3n) is 9.64. The van der Waals surface area contributed by atoms with Crippen molar-refractivity contribution in [3.63, 3.8) is 0 Å². The molecule has 0 rings (SSSR count). The van der Waals surface area contributed by atoms with Crippen molar-refractivity contribution >= 4 is 13.7 Å². The van der Waals surface area contributed by atoms with E-state index in [1.807, 2.05) is 27.2 Å². The molecule has 0 aromatic heterocycles. The second-order valence-corrected chi connectivity index (χ2v) is 17.8. The lowest BCUT2D eigenvalue weighted by atomic mass is 10.0. The summed E-state index contributed by atoms with van der Waals surface area (Å²) in [7, 11) is 1.53. The number of rotatable bonds is 40. The molecule has 0 bridgehead atoms. The first-order valence-electron chi connectivity index (χ1n) is 22.8. The number of likely N-dealkylation sites (N-methyl/N-ethyl adjacent to an activating group) is 1. The number of amides is 1. The van der Waals surface area contributed by atoms with Crippen LogP contribution >= 0.6 is 7.82 Å². The maximum atomic E-state index is 12.8. The van der Waals surface area contributed by atoms with Gasteiger partial charge in [0.05, 0.1) is 39.9 Å². The Morgan fingerprint density at radius 3 is 1.60 bits per heavy atom. The van der Waals surface area contributed by atoms with Crippen molar-refractivity contribution in [3.05, 3.63) is 72.9 Å². The van der Waals surface area contributed by atoms with Crippen molar-refractivity contribution in [1.29, 1.82) is 0 Å². The van der Waals surface area contributed by atoms with E-state index in [0.717, 1.165) is 64.2 Å². The first-order valence-corrected chi connectivity index (χ1v) is 24.3. The van der Waals surface area contributed by atoms with E-state index in [4.69, 9.17) is 9.05 Å². The molecule has 0 heterocycles. The summed E-state index contributed by atoms with van der Waals surface area (Å²) in [5.74, 6) is -0.201. The van der Waals surface area contributed by atoms with Gasteiger partial charge in [0, 0.05) is 6.42 Å². The molecule has 0 fully saturated rings. The normalized spacial score (nSPS) is 15.0. The number of phosphoric ester groups is 1. The Hall–Kier alpha value is -2.06. The number of quaternary nitrogens is 1. The lowest BCUT2D eigenvalue weighted by molar-refractivity contribution is -0.870. The smallest absolute Gasteiger partial charge is 0.387 e. The molecule has 9 heteroatoms. The minimum absolute atomic E-state index is 0.0492. The van der Waals surface area contributed by atoms with E-state index in [-0.39, 0.29) is 19.1 Å². The van der Waals surface area contributed by atoms with Gasteiger partial charge in [-0.25, -0.2) is 4.57 Å². The zero-order chi connectivity index (χ0) is 42.1. The van der Waals surface area contributed by atoms with Gasteiger partial charge >= 0.3 is 7.82 Å². The van der Waals surface area contributed by atoms with Crippen LogP contribution in [0.4, 0.5) is 0 Å². The van der Waals surface area contributed by atoms with E-state index >= 15 is 0 Å². The van der Waals surface area contributed by atoms with Gasteiger partial charge in [0.15, 0.2) is 0 Å². The molecule has 0 aliphatic heterocycles. The van der Waals surface area contributed by atoms with Gasteiger partial charge in [0.1, 0.15) is 13.2 Å². The van der Waals surface area contributed by atoms with E-state index in [0.29, 0.717) is 17.4 Å². The lowest BCUT2D eigenvalue weighted by Gasteiger charge is -2.25. The van der Waals surface area contributed by atoms with Crippen LogP contribution in [-0.2, 0) is 18.4 Å². The van der Waals surface area contributed by atoms with E-state index in [9.17, 15) is 19.4 Å². The number of aliphatic hydroxyl groups excluding tert-OH is 1.